The van der Waals surface area contributed by atoms with Gasteiger partial charge in [-0.25, -0.2) is 0 Å². The fraction of sp³-hybridized carbons (Fsp3) is 0.125. The van der Waals surface area contributed by atoms with E-state index in [0.29, 0.717) is 0 Å². The highest BCUT2D eigenvalue weighted by Gasteiger charge is 2.21. The molecule has 0 bridgehead atoms. The molecule has 5 N–H and O–H groups in total. The number of hydrogen-bond acceptors (Lipinski definition) is 6. The Labute approximate surface area is 108 Å². The van der Waals surface area contributed by atoms with E-state index >= 15 is 0 Å². The standard InChI is InChI=1S/C8H11N7O3S/c1-15-8(5(4-11-15)7(9)13-16)14-19(17,18)6-2-3-10-12-6/h2-4,14,16H,1H3,(H2,9,13)(H,10,12). The van der Waals surface area contributed by atoms with Gasteiger partial charge in [-0.1, -0.05) is 5.16 Å². The number of oxime groups is 1. The highest BCUT2D eigenvalue weighted by molar-refractivity contribution is 7.92. The van der Waals surface area contributed by atoms with E-state index in [2.05, 4.69) is 25.2 Å². The van der Waals surface area contributed by atoms with E-state index in [1.165, 1.54) is 30.2 Å². The zero-order valence-electron chi connectivity index (χ0n) is 9.77. The van der Waals surface area contributed by atoms with Crippen LogP contribution in [0.5, 0.6) is 0 Å². The third-order valence-corrected chi connectivity index (χ3v) is 3.59. The third-order valence-electron chi connectivity index (χ3n) is 2.32. The van der Waals surface area contributed by atoms with E-state index in [4.69, 9.17) is 10.9 Å². The average molecular weight is 285 g/mol. The molecule has 2 heterocycles. The van der Waals surface area contributed by atoms with Gasteiger partial charge >= 0.3 is 0 Å². The molecule has 0 fully saturated rings. The molecule has 102 valence electrons. The van der Waals surface area contributed by atoms with Crippen LogP contribution < -0.4 is 10.5 Å². The summed E-state index contributed by atoms with van der Waals surface area (Å²) in [4.78, 5) is 0. The first-order valence-electron chi connectivity index (χ1n) is 4.98. The summed E-state index contributed by atoms with van der Waals surface area (Å²) in [6.07, 6.45) is 2.59. The molecule has 0 amide bonds. The number of nitrogens with two attached hydrogens (primary N) is 1. The summed E-state index contributed by atoms with van der Waals surface area (Å²) in [6, 6.07) is 1.29. The molecular weight excluding hydrogens is 274 g/mol. The van der Waals surface area contributed by atoms with Crippen molar-refractivity contribution in [1.82, 2.24) is 20.0 Å². The second-order valence-corrected chi connectivity index (χ2v) is 5.19. The van der Waals surface area contributed by atoms with Crippen molar-refractivity contribution >= 4 is 21.7 Å². The van der Waals surface area contributed by atoms with Crippen LogP contribution in [-0.4, -0.2) is 39.4 Å². The number of aromatic nitrogens is 4. The Hall–Kier alpha value is -2.56. The highest BCUT2D eigenvalue weighted by Crippen LogP contribution is 2.18. The number of aromatic amines is 1. The van der Waals surface area contributed by atoms with Crippen LogP contribution in [0.4, 0.5) is 5.82 Å². The van der Waals surface area contributed by atoms with Gasteiger partial charge in [0.25, 0.3) is 10.0 Å². The quantitative estimate of drug-likeness (QED) is 0.246. The molecule has 2 aromatic heterocycles. The molecule has 11 heteroatoms. The summed E-state index contributed by atoms with van der Waals surface area (Å²) in [5, 5.41) is 21.1. The Morgan fingerprint density at radius 2 is 2.37 bits per heavy atom. The topological polar surface area (TPSA) is 151 Å². The van der Waals surface area contributed by atoms with Crippen LogP contribution in [0.15, 0.2) is 28.6 Å². The van der Waals surface area contributed by atoms with Gasteiger partial charge in [-0.05, 0) is 6.07 Å². The predicted octanol–water partition coefficient (Wildman–Crippen LogP) is -0.961. The Kier molecular flexibility index (Phi) is 3.12. The van der Waals surface area contributed by atoms with Crippen LogP contribution >= 0.6 is 0 Å². The molecule has 0 spiro atoms. The first kappa shape index (κ1) is 12.9. The Balaban J connectivity index is 2.42. The minimum absolute atomic E-state index is 0.0740. The molecule has 10 nitrogen and oxygen atoms in total. The maximum atomic E-state index is 12.0. The molecule has 2 aromatic rings. The molecule has 19 heavy (non-hydrogen) atoms. The van der Waals surface area contributed by atoms with Gasteiger partial charge in [-0.3, -0.25) is 14.5 Å². The maximum absolute atomic E-state index is 12.0. The number of H-pyrrole nitrogens is 1. The number of sulfonamides is 1. The van der Waals surface area contributed by atoms with Crippen molar-refractivity contribution in [2.75, 3.05) is 4.72 Å². The van der Waals surface area contributed by atoms with Crippen LogP contribution in [0.2, 0.25) is 0 Å². The fourth-order valence-electron chi connectivity index (χ4n) is 1.37. The van der Waals surface area contributed by atoms with Gasteiger partial charge in [0.1, 0.15) is 5.82 Å². The summed E-state index contributed by atoms with van der Waals surface area (Å²) < 4.78 is 27.6. The molecular formula is C8H11N7O3S. The van der Waals surface area contributed by atoms with Crippen LogP contribution in [0.1, 0.15) is 5.56 Å². The summed E-state index contributed by atoms with van der Waals surface area (Å²) >= 11 is 0. The van der Waals surface area contributed by atoms with Gasteiger partial charge in [0.15, 0.2) is 10.9 Å². The fourth-order valence-corrected chi connectivity index (χ4v) is 2.39. The van der Waals surface area contributed by atoms with Crippen LogP contribution in [0.3, 0.4) is 0 Å². The maximum Gasteiger partial charge on any atom is 0.279 e. The van der Waals surface area contributed by atoms with Gasteiger partial charge in [0.2, 0.25) is 0 Å². The van der Waals surface area contributed by atoms with Crippen molar-refractivity contribution in [3.8, 4) is 0 Å². The molecule has 0 aliphatic heterocycles. The number of amidine groups is 1. The Bertz CT molecular complexity index is 701. The predicted molar refractivity (Wildman–Crippen MR) is 65.1 cm³/mol. The number of hydrogen-bond donors (Lipinski definition) is 4. The minimum atomic E-state index is -3.85. The van der Waals surface area contributed by atoms with Gasteiger partial charge in [0, 0.05) is 7.05 Å². The third kappa shape index (κ3) is 2.35. The van der Waals surface area contributed by atoms with Crippen molar-refractivity contribution < 1.29 is 13.6 Å². The smallest absolute Gasteiger partial charge is 0.279 e. The van der Waals surface area contributed by atoms with Crippen molar-refractivity contribution in [2.45, 2.75) is 5.03 Å². The summed E-state index contributed by atoms with van der Waals surface area (Å²) in [5.74, 6) is -0.180. The zero-order valence-corrected chi connectivity index (χ0v) is 10.6. The van der Waals surface area contributed by atoms with Gasteiger partial charge in [-0.2, -0.15) is 18.6 Å². The normalized spacial score (nSPS) is 12.6. The zero-order chi connectivity index (χ0) is 14.0. The number of anilines is 1. The second kappa shape index (κ2) is 4.61. The molecule has 0 aromatic carbocycles. The van der Waals surface area contributed by atoms with E-state index in [1.807, 2.05) is 0 Å². The largest absolute Gasteiger partial charge is 0.409 e. The van der Waals surface area contributed by atoms with E-state index < -0.39 is 10.0 Å². The van der Waals surface area contributed by atoms with Gasteiger partial charge < -0.3 is 10.9 Å². The lowest BCUT2D eigenvalue weighted by Gasteiger charge is -2.08. The molecule has 0 aliphatic rings. The minimum Gasteiger partial charge on any atom is -0.409 e. The Morgan fingerprint density at radius 3 is 2.95 bits per heavy atom. The van der Waals surface area contributed by atoms with Crippen molar-refractivity contribution in [1.29, 1.82) is 0 Å². The van der Waals surface area contributed by atoms with Gasteiger partial charge in [0.05, 0.1) is 18.0 Å². The van der Waals surface area contributed by atoms with Crippen molar-refractivity contribution in [3.63, 3.8) is 0 Å². The summed E-state index contributed by atoms with van der Waals surface area (Å²) in [7, 11) is -2.33. The number of nitrogens with one attached hydrogen (secondary N) is 2. The van der Waals surface area contributed by atoms with E-state index in [9.17, 15) is 8.42 Å². The summed E-state index contributed by atoms with van der Waals surface area (Å²) in [5.41, 5.74) is 5.60. The number of nitrogens with zero attached hydrogens (tertiary/aromatic N) is 4. The van der Waals surface area contributed by atoms with E-state index in [1.54, 1.807) is 0 Å². The number of rotatable bonds is 4. The van der Waals surface area contributed by atoms with Crippen LogP contribution in [0.25, 0.3) is 0 Å². The van der Waals surface area contributed by atoms with Crippen molar-refractivity contribution in [3.05, 3.63) is 24.0 Å². The van der Waals surface area contributed by atoms with E-state index in [-0.39, 0.29) is 22.2 Å². The molecule has 0 radical (unpaired) electrons. The summed E-state index contributed by atoms with van der Waals surface area (Å²) in [6.45, 7) is 0. The molecule has 0 unspecified atom stereocenters. The number of aryl methyl sites for hydroxylation is 1. The SMILES string of the molecule is Cn1ncc(C(N)=NO)c1NS(=O)(=O)c1ccn[nH]1. The first-order valence-corrected chi connectivity index (χ1v) is 6.46. The van der Waals surface area contributed by atoms with Crippen LogP contribution in [-0.2, 0) is 17.1 Å². The van der Waals surface area contributed by atoms with Gasteiger partial charge in [-0.15, -0.1) is 0 Å². The lowest BCUT2D eigenvalue weighted by Crippen LogP contribution is -2.20. The highest BCUT2D eigenvalue weighted by atomic mass is 32.2. The molecule has 2 rings (SSSR count). The monoisotopic (exact) mass is 285 g/mol. The Morgan fingerprint density at radius 1 is 1.63 bits per heavy atom. The second-order valence-electron chi connectivity index (χ2n) is 3.54. The van der Waals surface area contributed by atoms with Crippen molar-refractivity contribution in [2.24, 2.45) is 17.9 Å². The molecule has 0 aliphatic carbocycles. The average Bonchev–Trinajstić information content (AvgIpc) is 3.00. The molecule has 0 saturated heterocycles. The molecule has 0 atom stereocenters. The first-order chi connectivity index (χ1) is 8.95. The van der Waals surface area contributed by atoms with E-state index in [0.717, 1.165) is 0 Å². The van der Waals surface area contributed by atoms with Crippen LogP contribution in [0, 0.1) is 0 Å². The molecule has 0 saturated carbocycles. The lowest BCUT2D eigenvalue weighted by molar-refractivity contribution is 0.318. The lowest BCUT2D eigenvalue weighted by atomic mass is 10.3.